The Morgan fingerprint density at radius 1 is 1.05 bits per heavy atom. The lowest BCUT2D eigenvalue weighted by Crippen LogP contribution is -2.23. The van der Waals surface area contributed by atoms with Crippen LogP contribution in [0.2, 0.25) is 0 Å². The van der Waals surface area contributed by atoms with Gasteiger partial charge in [0.05, 0.1) is 0 Å². The number of sulfonamides is 1. The molecule has 0 aromatic carbocycles. The van der Waals surface area contributed by atoms with Crippen molar-refractivity contribution in [1.29, 1.82) is 0 Å². The second-order valence-corrected chi connectivity index (χ2v) is 8.24. The first-order valence-electron chi connectivity index (χ1n) is 7.77. The number of hydrogen-bond acceptors (Lipinski definition) is 4. The molecule has 0 atom stereocenters. The second-order valence-electron chi connectivity index (χ2n) is 5.30. The van der Waals surface area contributed by atoms with Crippen LogP contribution in [0.25, 0.3) is 0 Å². The molecule has 1 heterocycles. The van der Waals surface area contributed by atoms with Crippen molar-refractivity contribution in [2.24, 2.45) is 0 Å². The first-order valence-corrected chi connectivity index (χ1v) is 10.1. The third-order valence-corrected chi connectivity index (χ3v) is 6.23. The number of hydrogen-bond donors (Lipinski definition) is 2. The van der Waals surface area contributed by atoms with Crippen molar-refractivity contribution in [3.63, 3.8) is 0 Å². The van der Waals surface area contributed by atoms with Crippen LogP contribution >= 0.6 is 11.3 Å². The van der Waals surface area contributed by atoms with E-state index in [4.69, 9.17) is 5.11 Å². The average molecular weight is 348 g/mol. The number of carboxylic acids is 1. The predicted molar refractivity (Wildman–Crippen MR) is 88.7 cm³/mol. The summed E-state index contributed by atoms with van der Waals surface area (Å²) in [7, 11) is -3.31. The number of aliphatic carboxylic acids is 1. The molecule has 0 saturated heterocycles. The molecule has 5 nitrogen and oxygen atoms in total. The lowest BCUT2D eigenvalue weighted by atomic mass is 10.1. The van der Waals surface area contributed by atoms with Gasteiger partial charge in [0.1, 0.15) is 4.21 Å². The van der Waals surface area contributed by atoms with Gasteiger partial charge in [0.2, 0.25) is 10.0 Å². The summed E-state index contributed by atoms with van der Waals surface area (Å²) in [6.07, 6.45) is 8.31. The van der Waals surface area contributed by atoms with Crippen LogP contribution in [0.15, 0.2) is 21.7 Å². The first-order chi connectivity index (χ1) is 10.5. The third-order valence-electron chi connectivity index (χ3n) is 3.37. The number of carbonyl (C=O) groups is 1. The van der Waals surface area contributed by atoms with E-state index in [9.17, 15) is 13.2 Å². The molecule has 1 aromatic rings. The fraction of sp³-hybridized carbons (Fsp3) is 0.667. The van der Waals surface area contributed by atoms with Crippen LogP contribution in [0.1, 0.15) is 57.8 Å². The Morgan fingerprint density at radius 3 is 2.18 bits per heavy atom. The summed E-state index contributed by atoms with van der Waals surface area (Å²) in [6.45, 7) is 0.485. The number of carboxylic acid groups (broad SMARTS) is 1. The predicted octanol–water partition coefficient (Wildman–Crippen LogP) is 3.62. The van der Waals surface area contributed by atoms with Gasteiger partial charge >= 0.3 is 5.97 Å². The molecule has 1 rings (SSSR count). The highest BCUT2D eigenvalue weighted by Crippen LogP contribution is 2.15. The molecule has 0 radical (unpaired) electrons. The van der Waals surface area contributed by atoms with Crippen LogP contribution in [0.5, 0.6) is 0 Å². The maximum absolute atomic E-state index is 11.8. The average Bonchev–Trinajstić information content (AvgIpc) is 2.99. The number of rotatable bonds is 13. The van der Waals surface area contributed by atoms with Crippen molar-refractivity contribution in [3.8, 4) is 0 Å². The van der Waals surface area contributed by atoms with E-state index in [-0.39, 0.29) is 6.42 Å². The highest BCUT2D eigenvalue weighted by Gasteiger charge is 2.13. The monoisotopic (exact) mass is 347 g/mol. The maximum Gasteiger partial charge on any atom is 0.303 e. The fourth-order valence-electron chi connectivity index (χ4n) is 2.16. The highest BCUT2D eigenvalue weighted by molar-refractivity contribution is 7.91. The summed E-state index contributed by atoms with van der Waals surface area (Å²) >= 11 is 1.23. The van der Waals surface area contributed by atoms with Crippen molar-refractivity contribution >= 4 is 27.3 Å². The van der Waals surface area contributed by atoms with Gasteiger partial charge < -0.3 is 5.11 Å². The van der Waals surface area contributed by atoms with E-state index in [1.807, 2.05) is 0 Å². The van der Waals surface area contributed by atoms with Gasteiger partial charge in [-0.2, -0.15) is 0 Å². The molecular weight excluding hydrogens is 322 g/mol. The molecule has 0 saturated carbocycles. The minimum Gasteiger partial charge on any atom is -0.481 e. The van der Waals surface area contributed by atoms with Gasteiger partial charge in [-0.3, -0.25) is 4.79 Å². The maximum atomic E-state index is 11.8. The van der Waals surface area contributed by atoms with Gasteiger partial charge in [0, 0.05) is 13.0 Å². The summed E-state index contributed by atoms with van der Waals surface area (Å²) in [5, 5.41) is 10.3. The Balaban J connectivity index is 1.93. The van der Waals surface area contributed by atoms with E-state index in [1.165, 1.54) is 11.3 Å². The largest absolute Gasteiger partial charge is 0.481 e. The molecular formula is C15H25NO4S2. The third kappa shape index (κ3) is 8.51. The zero-order valence-corrected chi connectivity index (χ0v) is 14.4. The molecule has 0 bridgehead atoms. The molecule has 0 fully saturated rings. The van der Waals surface area contributed by atoms with E-state index in [1.54, 1.807) is 17.5 Å². The smallest absolute Gasteiger partial charge is 0.303 e. The summed E-state index contributed by atoms with van der Waals surface area (Å²) in [5.74, 6) is -0.718. The lowest BCUT2D eigenvalue weighted by molar-refractivity contribution is -0.137. The van der Waals surface area contributed by atoms with E-state index in [0.29, 0.717) is 10.8 Å². The Bertz CT molecular complexity index is 512. The van der Waals surface area contributed by atoms with Gasteiger partial charge in [-0.05, 0) is 24.3 Å². The second kappa shape index (κ2) is 10.7. The minimum absolute atomic E-state index is 0.268. The Kier molecular flexibility index (Phi) is 9.34. The van der Waals surface area contributed by atoms with Crippen LogP contribution in [-0.2, 0) is 14.8 Å². The quantitative estimate of drug-likeness (QED) is 0.534. The van der Waals surface area contributed by atoms with Crippen LogP contribution in [0.4, 0.5) is 0 Å². The van der Waals surface area contributed by atoms with Crippen LogP contribution in [-0.4, -0.2) is 26.0 Å². The van der Waals surface area contributed by atoms with E-state index in [2.05, 4.69) is 4.72 Å². The lowest BCUT2D eigenvalue weighted by Gasteiger charge is -2.05. The Labute approximate surface area is 136 Å². The van der Waals surface area contributed by atoms with Crippen molar-refractivity contribution in [1.82, 2.24) is 4.72 Å². The number of unbranched alkanes of at least 4 members (excludes halogenated alkanes) is 7. The summed E-state index contributed by atoms with van der Waals surface area (Å²) in [4.78, 5) is 10.3. The van der Waals surface area contributed by atoms with E-state index in [0.717, 1.165) is 51.4 Å². The van der Waals surface area contributed by atoms with Crippen LogP contribution in [0, 0.1) is 0 Å². The minimum atomic E-state index is -3.31. The number of nitrogens with one attached hydrogen (secondary N) is 1. The fourth-order valence-corrected chi connectivity index (χ4v) is 4.27. The first kappa shape index (κ1) is 19.1. The standard InChI is InChI=1S/C15H25NO4S2/c17-14(18)10-7-5-3-1-2-4-6-8-12-16-22(19,20)15-11-9-13-21-15/h9,11,13,16H,1-8,10,12H2,(H,17,18). The molecule has 1 aromatic heterocycles. The highest BCUT2D eigenvalue weighted by atomic mass is 32.2. The summed E-state index contributed by atoms with van der Waals surface area (Å²) < 4.78 is 26.7. The molecule has 0 aliphatic carbocycles. The topological polar surface area (TPSA) is 83.5 Å². The van der Waals surface area contributed by atoms with Crippen LogP contribution in [0.3, 0.4) is 0 Å². The van der Waals surface area contributed by atoms with Gasteiger partial charge in [-0.25, -0.2) is 13.1 Å². The molecule has 22 heavy (non-hydrogen) atoms. The van der Waals surface area contributed by atoms with Gasteiger partial charge in [-0.1, -0.05) is 44.6 Å². The molecule has 126 valence electrons. The summed E-state index contributed by atoms with van der Waals surface area (Å²) in [6, 6.07) is 3.34. The zero-order chi connectivity index (χ0) is 16.3. The SMILES string of the molecule is O=C(O)CCCCCCCCCCNS(=O)(=O)c1cccs1. The molecule has 0 unspecified atom stereocenters. The molecule has 2 N–H and O–H groups in total. The molecule has 7 heteroatoms. The van der Waals surface area contributed by atoms with Crippen molar-refractivity contribution < 1.29 is 18.3 Å². The molecule has 0 spiro atoms. The Morgan fingerprint density at radius 2 is 1.64 bits per heavy atom. The number of thiophene rings is 1. The zero-order valence-electron chi connectivity index (χ0n) is 12.8. The van der Waals surface area contributed by atoms with Gasteiger partial charge in [-0.15, -0.1) is 11.3 Å². The van der Waals surface area contributed by atoms with E-state index < -0.39 is 16.0 Å². The van der Waals surface area contributed by atoms with Crippen molar-refractivity contribution in [2.75, 3.05) is 6.54 Å². The Hall–Kier alpha value is -0.920. The normalized spacial score (nSPS) is 11.6. The van der Waals surface area contributed by atoms with Gasteiger partial charge in [0.15, 0.2) is 0 Å². The van der Waals surface area contributed by atoms with E-state index >= 15 is 0 Å². The van der Waals surface area contributed by atoms with Crippen molar-refractivity contribution in [3.05, 3.63) is 17.5 Å². The summed E-state index contributed by atoms with van der Waals surface area (Å²) in [5.41, 5.74) is 0. The van der Waals surface area contributed by atoms with Gasteiger partial charge in [0.25, 0.3) is 0 Å². The molecule has 0 amide bonds. The van der Waals surface area contributed by atoms with Crippen LogP contribution < -0.4 is 4.72 Å². The molecule has 0 aliphatic heterocycles. The molecule has 0 aliphatic rings. The van der Waals surface area contributed by atoms with Crippen molar-refractivity contribution in [2.45, 2.75) is 62.0 Å².